The van der Waals surface area contributed by atoms with Crippen LogP contribution in [0.5, 0.6) is 0 Å². The van der Waals surface area contributed by atoms with Crippen molar-refractivity contribution in [2.45, 2.75) is 18.9 Å². The summed E-state index contributed by atoms with van der Waals surface area (Å²) in [6.07, 6.45) is 4.36. The summed E-state index contributed by atoms with van der Waals surface area (Å²) >= 11 is 1.72. The Morgan fingerprint density at radius 2 is 1.83 bits per heavy atom. The largest absolute Gasteiger partial charge is 0.345 e. The highest BCUT2D eigenvalue weighted by Crippen LogP contribution is 2.37. The molecule has 2 aliphatic rings. The van der Waals surface area contributed by atoms with Crippen LogP contribution in [0.4, 0.5) is 5.13 Å². The van der Waals surface area contributed by atoms with Crippen molar-refractivity contribution in [1.29, 1.82) is 0 Å². The predicted octanol–water partition coefficient (Wildman–Crippen LogP) is 3.94. The first-order valence-corrected chi connectivity index (χ1v) is 10.9. The van der Waals surface area contributed by atoms with Gasteiger partial charge in [-0.3, -0.25) is 4.79 Å². The van der Waals surface area contributed by atoms with Crippen LogP contribution < -0.4 is 4.90 Å². The van der Waals surface area contributed by atoms with Crippen LogP contribution in [0, 0.1) is 0 Å². The minimum Gasteiger partial charge on any atom is -0.345 e. The van der Waals surface area contributed by atoms with Crippen molar-refractivity contribution >= 4 is 43.6 Å². The molecule has 0 unspecified atom stereocenters. The molecule has 1 aliphatic heterocycles. The zero-order chi connectivity index (χ0) is 19.4. The molecule has 1 saturated heterocycles. The average molecular weight is 404 g/mol. The Hall–Kier alpha value is -2.93. The second-order valence-corrected chi connectivity index (χ2v) is 8.84. The third-order valence-corrected chi connectivity index (χ3v) is 6.98. The number of piperazine rings is 1. The van der Waals surface area contributed by atoms with Gasteiger partial charge in [0.1, 0.15) is 0 Å². The van der Waals surface area contributed by atoms with Gasteiger partial charge in [0, 0.05) is 37.8 Å². The summed E-state index contributed by atoms with van der Waals surface area (Å²) < 4.78 is 3.44. The van der Waals surface area contributed by atoms with E-state index in [0.29, 0.717) is 19.1 Å². The fraction of sp³-hybridized carbons (Fsp3) is 0.318. The Bertz CT molecular complexity index is 1180. The van der Waals surface area contributed by atoms with E-state index in [0.717, 1.165) is 40.3 Å². The van der Waals surface area contributed by atoms with Crippen LogP contribution in [-0.4, -0.2) is 51.5 Å². The lowest BCUT2D eigenvalue weighted by Gasteiger charge is -2.34. The number of aromatic nitrogens is 3. The maximum Gasteiger partial charge on any atom is 0.254 e. The molecule has 29 heavy (non-hydrogen) atoms. The van der Waals surface area contributed by atoms with Gasteiger partial charge in [0.25, 0.3) is 5.91 Å². The molecule has 2 fully saturated rings. The molecule has 146 valence electrons. The molecule has 3 heterocycles. The lowest BCUT2D eigenvalue weighted by Crippen LogP contribution is -2.48. The van der Waals surface area contributed by atoms with Gasteiger partial charge in [0.05, 0.1) is 27.6 Å². The summed E-state index contributed by atoms with van der Waals surface area (Å²) in [5.74, 6) is 0.0943. The van der Waals surface area contributed by atoms with E-state index in [-0.39, 0.29) is 5.91 Å². The number of imidazole rings is 1. The summed E-state index contributed by atoms with van der Waals surface area (Å²) in [4.78, 5) is 26.5. The molecular formula is C22H21N5OS. The Kier molecular flexibility index (Phi) is 3.84. The molecule has 0 atom stereocenters. The van der Waals surface area contributed by atoms with Gasteiger partial charge in [-0.05, 0) is 43.2 Å². The van der Waals surface area contributed by atoms with Crippen molar-refractivity contribution in [1.82, 2.24) is 19.4 Å². The first kappa shape index (κ1) is 17.0. The van der Waals surface area contributed by atoms with Gasteiger partial charge in [-0.25, -0.2) is 9.97 Å². The summed E-state index contributed by atoms with van der Waals surface area (Å²) in [6, 6.07) is 14.8. The van der Waals surface area contributed by atoms with Crippen LogP contribution in [0.1, 0.15) is 29.2 Å². The van der Waals surface area contributed by atoms with Crippen LogP contribution in [-0.2, 0) is 0 Å². The molecule has 0 radical (unpaired) electrons. The number of para-hydroxylation sites is 1. The summed E-state index contributed by atoms with van der Waals surface area (Å²) in [5.41, 5.74) is 3.82. The van der Waals surface area contributed by atoms with Gasteiger partial charge in [-0.1, -0.05) is 23.5 Å². The van der Waals surface area contributed by atoms with Crippen LogP contribution in [0.15, 0.2) is 48.8 Å². The Labute approximate surface area is 172 Å². The quantitative estimate of drug-likeness (QED) is 0.520. The normalized spacial score (nSPS) is 17.4. The Balaban J connectivity index is 1.17. The number of thiazole rings is 1. The minimum absolute atomic E-state index is 0.0943. The van der Waals surface area contributed by atoms with Crippen molar-refractivity contribution in [2.75, 3.05) is 31.1 Å². The molecular weight excluding hydrogens is 382 g/mol. The van der Waals surface area contributed by atoms with Gasteiger partial charge in [0.2, 0.25) is 0 Å². The monoisotopic (exact) mass is 403 g/mol. The molecule has 0 bridgehead atoms. The molecule has 6 nitrogen and oxygen atoms in total. The number of amides is 1. The molecule has 4 aromatic rings. The summed E-state index contributed by atoms with van der Waals surface area (Å²) in [5, 5.41) is 1.05. The van der Waals surface area contributed by atoms with E-state index in [1.807, 2.05) is 41.6 Å². The van der Waals surface area contributed by atoms with Crippen LogP contribution in [0.25, 0.3) is 21.3 Å². The predicted molar refractivity (Wildman–Crippen MR) is 116 cm³/mol. The third kappa shape index (κ3) is 2.97. The SMILES string of the molecule is O=C(c1ccc2c(c1)ncn2C1CC1)N1CCN(c2nc3ccccc3s2)CC1. The third-order valence-electron chi connectivity index (χ3n) is 5.88. The number of carbonyl (C=O) groups is 1. The van der Waals surface area contributed by atoms with E-state index in [1.54, 1.807) is 11.3 Å². The van der Waals surface area contributed by atoms with E-state index in [1.165, 1.54) is 17.5 Å². The van der Waals surface area contributed by atoms with Crippen LogP contribution in [0.2, 0.25) is 0 Å². The van der Waals surface area contributed by atoms with Gasteiger partial charge in [-0.15, -0.1) is 0 Å². The second-order valence-electron chi connectivity index (χ2n) is 7.83. The van der Waals surface area contributed by atoms with E-state index in [9.17, 15) is 4.79 Å². The molecule has 1 amide bonds. The lowest BCUT2D eigenvalue weighted by molar-refractivity contribution is 0.0747. The van der Waals surface area contributed by atoms with Crippen LogP contribution in [0.3, 0.4) is 0 Å². The zero-order valence-corrected chi connectivity index (χ0v) is 16.8. The van der Waals surface area contributed by atoms with E-state index >= 15 is 0 Å². The van der Waals surface area contributed by atoms with E-state index in [4.69, 9.17) is 4.98 Å². The maximum absolute atomic E-state index is 13.0. The smallest absolute Gasteiger partial charge is 0.254 e. The molecule has 1 saturated carbocycles. The fourth-order valence-corrected chi connectivity index (χ4v) is 5.10. The zero-order valence-electron chi connectivity index (χ0n) is 16.0. The van der Waals surface area contributed by atoms with Crippen LogP contribution >= 0.6 is 11.3 Å². The molecule has 7 heteroatoms. The van der Waals surface area contributed by atoms with Crippen molar-refractivity contribution in [2.24, 2.45) is 0 Å². The Morgan fingerprint density at radius 1 is 1.00 bits per heavy atom. The standard InChI is InChI=1S/C22H21N5OS/c28-21(15-5-8-19-18(13-15)23-14-27(19)16-6-7-16)25-9-11-26(12-10-25)22-24-17-3-1-2-4-20(17)29-22/h1-5,8,13-14,16H,6-7,9-12H2. The highest BCUT2D eigenvalue weighted by Gasteiger charge is 2.26. The van der Waals surface area contributed by atoms with E-state index < -0.39 is 0 Å². The number of benzene rings is 2. The van der Waals surface area contributed by atoms with E-state index in [2.05, 4.69) is 26.6 Å². The van der Waals surface area contributed by atoms with Crippen molar-refractivity contribution in [3.63, 3.8) is 0 Å². The Morgan fingerprint density at radius 3 is 2.62 bits per heavy atom. The van der Waals surface area contributed by atoms with Crippen molar-refractivity contribution < 1.29 is 4.79 Å². The topological polar surface area (TPSA) is 54.3 Å². The molecule has 0 N–H and O–H groups in total. The molecule has 6 rings (SSSR count). The number of carbonyl (C=O) groups excluding carboxylic acids is 1. The van der Waals surface area contributed by atoms with Crippen molar-refractivity contribution in [3.05, 3.63) is 54.4 Å². The number of hydrogen-bond donors (Lipinski definition) is 0. The first-order chi connectivity index (χ1) is 14.3. The highest BCUT2D eigenvalue weighted by atomic mass is 32.1. The minimum atomic E-state index is 0.0943. The van der Waals surface area contributed by atoms with Gasteiger partial charge in [-0.2, -0.15) is 0 Å². The number of nitrogens with zero attached hydrogens (tertiary/aromatic N) is 5. The molecule has 1 aliphatic carbocycles. The summed E-state index contributed by atoms with van der Waals surface area (Å²) in [7, 11) is 0. The number of fused-ring (bicyclic) bond motifs is 2. The molecule has 0 spiro atoms. The number of rotatable bonds is 3. The first-order valence-electron chi connectivity index (χ1n) is 10.1. The second kappa shape index (κ2) is 6.56. The highest BCUT2D eigenvalue weighted by molar-refractivity contribution is 7.22. The fourth-order valence-electron chi connectivity index (χ4n) is 4.09. The van der Waals surface area contributed by atoms with Crippen molar-refractivity contribution in [3.8, 4) is 0 Å². The van der Waals surface area contributed by atoms with Gasteiger partial charge < -0.3 is 14.4 Å². The molecule has 2 aromatic carbocycles. The number of hydrogen-bond acceptors (Lipinski definition) is 5. The average Bonchev–Trinajstić information content (AvgIpc) is 3.37. The van der Waals surface area contributed by atoms with Gasteiger partial charge >= 0.3 is 0 Å². The van der Waals surface area contributed by atoms with Gasteiger partial charge in [0.15, 0.2) is 5.13 Å². The summed E-state index contributed by atoms with van der Waals surface area (Å²) in [6.45, 7) is 3.04. The lowest BCUT2D eigenvalue weighted by atomic mass is 10.1. The molecule has 2 aromatic heterocycles. The maximum atomic E-state index is 13.0. The number of anilines is 1.